The van der Waals surface area contributed by atoms with Gasteiger partial charge < -0.3 is 24.8 Å². The molecule has 0 radical (unpaired) electrons. The third-order valence-electron chi connectivity index (χ3n) is 7.32. The van der Waals surface area contributed by atoms with Crippen LogP contribution in [0, 0.1) is 23.6 Å². The minimum Gasteiger partial charge on any atom is -0.493 e. The fourth-order valence-electron chi connectivity index (χ4n) is 5.59. The summed E-state index contributed by atoms with van der Waals surface area (Å²) in [6.45, 7) is 0. The first kappa shape index (κ1) is 24.2. The Labute approximate surface area is 214 Å². The first-order valence-electron chi connectivity index (χ1n) is 12.0. The fraction of sp³-hybridized carbons (Fsp3) is 0.370. The number of thiocarbonyl (C=S) groups is 1. The van der Waals surface area contributed by atoms with Gasteiger partial charge in [0.1, 0.15) is 5.75 Å². The van der Waals surface area contributed by atoms with E-state index < -0.39 is 5.82 Å². The smallest absolute Gasteiger partial charge is 0.226 e. The molecule has 0 spiro atoms. The Morgan fingerprint density at radius 3 is 2.36 bits per heavy atom. The number of rotatable bonds is 7. The lowest BCUT2D eigenvalue weighted by Gasteiger charge is -2.16. The topological polar surface area (TPSA) is 81.7 Å². The second-order valence-electron chi connectivity index (χ2n) is 9.33. The molecular weight excluding hydrogens is 481 g/mol. The lowest BCUT2D eigenvalue weighted by Crippen LogP contribution is -2.35. The van der Waals surface area contributed by atoms with E-state index in [0.717, 1.165) is 0 Å². The molecule has 7 nitrogen and oxygen atoms in total. The van der Waals surface area contributed by atoms with Crippen LogP contribution in [0.3, 0.4) is 0 Å². The van der Waals surface area contributed by atoms with E-state index in [2.05, 4.69) is 15.6 Å². The number of carbonyl (C=O) groups is 1. The number of halogens is 1. The minimum absolute atomic E-state index is 0.0366. The van der Waals surface area contributed by atoms with Gasteiger partial charge in [-0.25, -0.2) is 4.39 Å². The van der Waals surface area contributed by atoms with E-state index in [9.17, 15) is 9.18 Å². The van der Waals surface area contributed by atoms with Crippen molar-refractivity contribution in [2.45, 2.75) is 32.1 Å². The Balaban J connectivity index is 1.24. The molecule has 2 aliphatic carbocycles. The Kier molecular flexibility index (Phi) is 6.91. The highest BCUT2D eigenvalue weighted by Crippen LogP contribution is 2.50. The summed E-state index contributed by atoms with van der Waals surface area (Å²) in [7, 11) is 3.09. The zero-order chi connectivity index (χ0) is 25.2. The van der Waals surface area contributed by atoms with Crippen molar-refractivity contribution in [3.63, 3.8) is 0 Å². The number of carbonyl (C=O) groups excluding carboxylic acids is 1. The second-order valence-corrected chi connectivity index (χ2v) is 9.73. The summed E-state index contributed by atoms with van der Waals surface area (Å²) < 4.78 is 31.5. The quantitative estimate of drug-likeness (QED) is 0.388. The zero-order valence-electron chi connectivity index (χ0n) is 20.2. The van der Waals surface area contributed by atoms with Crippen LogP contribution >= 0.6 is 12.2 Å². The summed E-state index contributed by atoms with van der Waals surface area (Å²) >= 11 is 5.28. The number of pyridine rings is 1. The molecule has 1 heterocycles. The standard InChI is InChI=1S/C27H28FN3O4S/c1-33-24-12-19-21(14-25(24)34-2)29-10-9-22(19)35-23-8-7-17(11-20(23)28)30-27(36)31-26(32)13-18-15-3-4-16(18)6-5-15/h7-12,14-16,18H,3-6,13H2,1-2H3,(H2,30,31,32,36). The third kappa shape index (κ3) is 4.93. The van der Waals surface area contributed by atoms with Crippen LogP contribution in [0.1, 0.15) is 32.1 Å². The van der Waals surface area contributed by atoms with Gasteiger partial charge in [0.15, 0.2) is 28.2 Å². The van der Waals surface area contributed by atoms with E-state index in [0.29, 0.717) is 58.0 Å². The molecule has 0 unspecified atom stereocenters. The van der Waals surface area contributed by atoms with Gasteiger partial charge in [-0.3, -0.25) is 9.78 Å². The molecule has 2 saturated carbocycles. The number of benzene rings is 2. The summed E-state index contributed by atoms with van der Waals surface area (Å²) in [5.74, 6) is 2.64. The van der Waals surface area contributed by atoms with Gasteiger partial charge in [-0.05, 0) is 79.9 Å². The molecule has 1 aromatic heterocycles. The second kappa shape index (κ2) is 10.3. The first-order valence-corrected chi connectivity index (χ1v) is 12.4. The van der Waals surface area contributed by atoms with Gasteiger partial charge in [0.05, 0.1) is 19.7 Å². The maximum atomic E-state index is 14.9. The van der Waals surface area contributed by atoms with Gasteiger partial charge in [-0.2, -0.15) is 0 Å². The maximum Gasteiger partial charge on any atom is 0.226 e. The SMILES string of the molecule is COc1cc2nccc(Oc3ccc(NC(=S)NC(=O)CC4C5CCC4CC5)cc3F)c2cc1OC. The van der Waals surface area contributed by atoms with Crippen LogP contribution in [0.4, 0.5) is 10.1 Å². The summed E-state index contributed by atoms with van der Waals surface area (Å²) in [5, 5.41) is 6.43. The summed E-state index contributed by atoms with van der Waals surface area (Å²) in [6.07, 6.45) is 7.00. The Morgan fingerprint density at radius 2 is 1.69 bits per heavy atom. The number of methoxy groups -OCH3 is 2. The van der Waals surface area contributed by atoms with E-state index in [1.807, 2.05) is 0 Å². The van der Waals surface area contributed by atoms with Gasteiger partial charge in [0.2, 0.25) is 5.91 Å². The molecule has 0 aliphatic heterocycles. The van der Waals surface area contributed by atoms with Crippen LogP contribution in [0.2, 0.25) is 0 Å². The molecule has 1 amide bonds. The van der Waals surface area contributed by atoms with Crippen LogP contribution in [-0.4, -0.2) is 30.2 Å². The average Bonchev–Trinajstić information content (AvgIpc) is 3.43. The summed E-state index contributed by atoms with van der Waals surface area (Å²) in [6, 6.07) is 9.55. The van der Waals surface area contributed by atoms with Crippen LogP contribution in [-0.2, 0) is 4.79 Å². The summed E-state index contributed by atoms with van der Waals surface area (Å²) in [4.78, 5) is 16.8. The molecule has 9 heteroatoms. The molecule has 0 saturated heterocycles. The molecule has 3 aromatic rings. The first-order chi connectivity index (χ1) is 17.4. The average molecular weight is 510 g/mol. The van der Waals surface area contributed by atoms with Crippen LogP contribution in [0.25, 0.3) is 10.9 Å². The van der Waals surface area contributed by atoms with Crippen molar-refractivity contribution < 1.29 is 23.4 Å². The van der Waals surface area contributed by atoms with Crippen LogP contribution < -0.4 is 24.8 Å². The molecule has 36 heavy (non-hydrogen) atoms. The van der Waals surface area contributed by atoms with Gasteiger partial charge >= 0.3 is 0 Å². The highest BCUT2D eigenvalue weighted by atomic mass is 32.1. The van der Waals surface area contributed by atoms with E-state index in [1.54, 1.807) is 37.6 Å². The van der Waals surface area contributed by atoms with E-state index in [4.69, 9.17) is 26.4 Å². The van der Waals surface area contributed by atoms with Gasteiger partial charge in [-0.1, -0.05) is 0 Å². The van der Waals surface area contributed by atoms with Crippen molar-refractivity contribution in [2.24, 2.45) is 17.8 Å². The molecule has 0 atom stereocenters. The zero-order valence-corrected chi connectivity index (χ0v) is 21.0. The molecule has 2 aromatic carbocycles. The third-order valence-corrected chi connectivity index (χ3v) is 7.52. The largest absolute Gasteiger partial charge is 0.493 e. The fourth-order valence-corrected chi connectivity index (χ4v) is 5.82. The number of hydrogen-bond donors (Lipinski definition) is 2. The number of aromatic nitrogens is 1. The van der Waals surface area contributed by atoms with Crippen molar-refractivity contribution >= 4 is 39.8 Å². The molecular formula is C27H28FN3O4S. The van der Waals surface area contributed by atoms with Gasteiger partial charge in [0, 0.05) is 35.8 Å². The van der Waals surface area contributed by atoms with Crippen molar-refractivity contribution in [3.8, 4) is 23.0 Å². The van der Waals surface area contributed by atoms with Crippen molar-refractivity contribution in [1.82, 2.24) is 10.3 Å². The number of fused-ring (bicyclic) bond motifs is 3. The monoisotopic (exact) mass is 509 g/mol. The molecule has 2 aliphatic rings. The molecule has 2 N–H and O–H groups in total. The number of anilines is 1. The van der Waals surface area contributed by atoms with E-state index >= 15 is 0 Å². The highest BCUT2D eigenvalue weighted by molar-refractivity contribution is 7.80. The summed E-state index contributed by atoms with van der Waals surface area (Å²) in [5.41, 5.74) is 1.03. The van der Waals surface area contributed by atoms with Crippen LogP contribution in [0.5, 0.6) is 23.0 Å². The number of amides is 1. The van der Waals surface area contributed by atoms with Crippen LogP contribution in [0.15, 0.2) is 42.6 Å². The van der Waals surface area contributed by atoms with Crippen molar-refractivity contribution in [1.29, 1.82) is 0 Å². The lowest BCUT2D eigenvalue weighted by molar-refractivity contribution is -0.120. The molecule has 5 rings (SSSR count). The van der Waals surface area contributed by atoms with Crippen molar-refractivity contribution in [3.05, 3.63) is 48.4 Å². The molecule has 2 bridgehead atoms. The highest BCUT2D eigenvalue weighted by Gasteiger charge is 2.42. The Hall–Kier alpha value is -3.46. The van der Waals surface area contributed by atoms with E-state index in [-0.39, 0.29) is 16.8 Å². The molecule has 2 fully saturated rings. The Bertz CT molecular complexity index is 1300. The number of nitrogens with zero attached hydrogens (tertiary/aromatic N) is 1. The number of hydrogen-bond acceptors (Lipinski definition) is 6. The normalized spacial score (nSPS) is 20.2. The maximum absolute atomic E-state index is 14.9. The predicted octanol–water partition coefficient (Wildman–Crippen LogP) is 5.82. The van der Waals surface area contributed by atoms with Crippen molar-refractivity contribution in [2.75, 3.05) is 19.5 Å². The van der Waals surface area contributed by atoms with E-state index in [1.165, 1.54) is 44.9 Å². The van der Waals surface area contributed by atoms with Gasteiger partial charge in [-0.15, -0.1) is 0 Å². The number of ether oxygens (including phenoxy) is 3. The molecule has 188 valence electrons. The lowest BCUT2D eigenvalue weighted by atomic mass is 9.94. The number of nitrogens with one attached hydrogen (secondary N) is 2. The minimum atomic E-state index is -0.581. The van der Waals surface area contributed by atoms with Gasteiger partial charge in [0.25, 0.3) is 0 Å². The predicted molar refractivity (Wildman–Crippen MR) is 139 cm³/mol. The Morgan fingerprint density at radius 1 is 1.00 bits per heavy atom.